The second-order valence-electron chi connectivity index (χ2n) is 4.18. The predicted octanol–water partition coefficient (Wildman–Crippen LogP) is 2.16. The number of esters is 1. The first-order valence-electron chi connectivity index (χ1n) is 5.88. The zero-order chi connectivity index (χ0) is 12.6. The van der Waals surface area contributed by atoms with E-state index in [0.29, 0.717) is 19.6 Å². The number of hydrogen-bond donors (Lipinski definition) is 0. The summed E-state index contributed by atoms with van der Waals surface area (Å²) < 4.78 is 16.0. The van der Waals surface area contributed by atoms with Crippen molar-refractivity contribution in [2.45, 2.75) is 59.4 Å². The van der Waals surface area contributed by atoms with Crippen LogP contribution in [0.5, 0.6) is 0 Å². The summed E-state index contributed by atoms with van der Waals surface area (Å²) in [6.07, 6.45) is 0.574. The Morgan fingerprint density at radius 3 is 2.19 bits per heavy atom. The number of ether oxygens (including phenoxy) is 3. The molecule has 0 rings (SSSR count). The lowest BCUT2D eigenvalue weighted by Gasteiger charge is -2.19. The Morgan fingerprint density at radius 1 is 1.06 bits per heavy atom. The molecule has 0 bridgehead atoms. The normalized spacial score (nSPS) is 14.9. The Bertz CT molecular complexity index is 191. The molecule has 96 valence electrons. The summed E-state index contributed by atoms with van der Waals surface area (Å²) in [4.78, 5) is 10.9. The average molecular weight is 232 g/mol. The Morgan fingerprint density at radius 2 is 1.69 bits per heavy atom. The quantitative estimate of drug-likeness (QED) is 0.602. The van der Waals surface area contributed by atoms with Crippen LogP contribution in [-0.2, 0) is 19.0 Å². The zero-order valence-corrected chi connectivity index (χ0v) is 11.0. The van der Waals surface area contributed by atoms with Crippen molar-refractivity contribution >= 4 is 5.97 Å². The molecular formula is C12H24O4. The first kappa shape index (κ1) is 15.4. The van der Waals surface area contributed by atoms with E-state index < -0.39 is 0 Å². The highest BCUT2D eigenvalue weighted by Gasteiger charge is 2.10. The van der Waals surface area contributed by atoms with Gasteiger partial charge in [0.15, 0.2) is 0 Å². The minimum absolute atomic E-state index is 0.0596. The molecule has 4 heteroatoms. The van der Waals surface area contributed by atoms with E-state index in [9.17, 15) is 4.79 Å². The van der Waals surface area contributed by atoms with Crippen LogP contribution < -0.4 is 0 Å². The van der Waals surface area contributed by atoms with Gasteiger partial charge in [-0.25, -0.2) is 0 Å². The fourth-order valence-corrected chi connectivity index (χ4v) is 1.16. The molecule has 0 aliphatic heterocycles. The van der Waals surface area contributed by atoms with Crippen LogP contribution in [0.4, 0.5) is 0 Å². The maximum absolute atomic E-state index is 10.9. The molecule has 0 aliphatic rings. The van der Waals surface area contributed by atoms with Crippen LogP contribution in [-0.4, -0.2) is 37.5 Å². The molecule has 0 N–H and O–H groups in total. The number of rotatable bonds is 8. The second kappa shape index (κ2) is 8.53. The van der Waals surface area contributed by atoms with Crippen molar-refractivity contribution in [2.75, 3.05) is 13.2 Å². The van der Waals surface area contributed by atoms with E-state index in [4.69, 9.17) is 14.2 Å². The second-order valence-corrected chi connectivity index (χ2v) is 4.18. The molecule has 0 aliphatic carbocycles. The van der Waals surface area contributed by atoms with Crippen LogP contribution in [0, 0.1) is 0 Å². The minimum Gasteiger partial charge on any atom is -0.463 e. The smallest absolute Gasteiger partial charge is 0.305 e. The highest BCUT2D eigenvalue weighted by atomic mass is 16.6. The largest absolute Gasteiger partial charge is 0.463 e. The van der Waals surface area contributed by atoms with Crippen LogP contribution in [0.1, 0.15) is 41.0 Å². The van der Waals surface area contributed by atoms with Crippen LogP contribution >= 0.6 is 0 Å². The van der Waals surface area contributed by atoms with Gasteiger partial charge in [-0.05, 0) is 27.7 Å². The van der Waals surface area contributed by atoms with Crippen molar-refractivity contribution in [2.24, 2.45) is 0 Å². The maximum atomic E-state index is 10.9. The summed E-state index contributed by atoms with van der Waals surface area (Å²) >= 11 is 0. The fraction of sp³-hybridized carbons (Fsp3) is 0.917. The molecule has 0 saturated carbocycles. The monoisotopic (exact) mass is 232 g/mol. The topological polar surface area (TPSA) is 44.8 Å². The van der Waals surface area contributed by atoms with Gasteiger partial charge in [0.05, 0.1) is 24.9 Å². The number of carbonyl (C=O) groups excluding carboxylic acids is 1. The van der Waals surface area contributed by atoms with Gasteiger partial charge in [0.1, 0.15) is 6.61 Å². The van der Waals surface area contributed by atoms with Gasteiger partial charge < -0.3 is 14.2 Å². The highest BCUT2D eigenvalue weighted by molar-refractivity contribution is 5.68. The summed E-state index contributed by atoms with van der Waals surface area (Å²) in [7, 11) is 0. The molecule has 0 aromatic heterocycles. The fourth-order valence-electron chi connectivity index (χ4n) is 1.16. The van der Waals surface area contributed by atoms with Gasteiger partial charge in [-0.3, -0.25) is 4.79 Å². The van der Waals surface area contributed by atoms with Gasteiger partial charge in [0.2, 0.25) is 0 Å². The molecule has 2 unspecified atom stereocenters. The standard InChI is InChI=1S/C12H24O4/c1-6-12(13)15-7-10(4)14-8-11(5)16-9(2)3/h9-11H,6-8H2,1-5H3. The van der Waals surface area contributed by atoms with Gasteiger partial charge in [-0.15, -0.1) is 0 Å². The molecule has 0 spiro atoms. The lowest BCUT2D eigenvalue weighted by molar-refractivity contribution is -0.148. The molecule has 4 nitrogen and oxygen atoms in total. The average Bonchev–Trinajstić information content (AvgIpc) is 2.22. The van der Waals surface area contributed by atoms with Gasteiger partial charge in [0, 0.05) is 6.42 Å². The number of carbonyl (C=O) groups is 1. The zero-order valence-electron chi connectivity index (χ0n) is 11.0. The minimum atomic E-state index is -0.193. The van der Waals surface area contributed by atoms with Gasteiger partial charge in [-0.1, -0.05) is 6.92 Å². The molecule has 0 amide bonds. The van der Waals surface area contributed by atoms with Gasteiger partial charge >= 0.3 is 5.97 Å². The van der Waals surface area contributed by atoms with E-state index >= 15 is 0 Å². The van der Waals surface area contributed by atoms with Crippen LogP contribution in [0.25, 0.3) is 0 Å². The van der Waals surface area contributed by atoms with Crippen LogP contribution in [0.2, 0.25) is 0 Å². The molecule has 2 atom stereocenters. The lowest BCUT2D eigenvalue weighted by atomic mass is 10.4. The summed E-state index contributed by atoms with van der Waals surface area (Å²) in [5.74, 6) is -0.193. The van der Waals surface area contributed by atoms with Crippen molar-refractivity contribution < 1.29 is 19.0 Å². The Balaban J connectivity index is 3.56. The molecule has 16 heavy (non-hydrogen) atoms. The molecule has 0 fully saturated rings. The third-order valence-electron chi connectivity index (χ3n) is 1.89. The summed E-state index contributed by atoms with van der Waals surface area (Å²) in [6.45, 7) is 10.4. The maximum Gasteiger partial charge on any atom is 0.305 e. The van der Waals surface area contributed by atoms with Crippen LogP contribution in [0.3, 0.4) is 0 Å². The predicted molar refractivity (Wildman–Crippen MR) is 62.3 cm³/mol. The molecule has 0 aromatic carbocycles. The SMILES string of the molecule is CCC(=O)OCC(C)OCC(C)OC(C)C. The molecular weight excluding hydrogens is 208 g/mol. The van der Waals surface area contributed by atoms with Gasteiger partial charge in [0.25, 0.3) is 0 Å². The van der Waals surface area contributed by atoms with Crippen molar-refractivity contribution in [1.29, 1.82) is 0 Å². The van der Waals surface area contributed by atoms with E-state index in [1.807, 2.05) is 27.7 Å². The third kappa shape index (κ3) is 8.68. The van der Waals surface area contributed by atoms with E-state index in [0.717, 1.165) is 0 Å². The van der Waals surface area contributed by atoms with E-state index in [1.165, 1.54) is 0 Å². The van der Waals surface area contributed by atoms with Crippen molar-refractivity contribution in [3.63, 3.8) is 0 Å². The van der Waals surface area contributed by atoms with Crippen molar-refractivity contribution in [3.8, 4) is 0 Å². The van der Waals surface area contributed by atoms with Gasteiger partial charge in [-0.2, -0.15) is 0 Å². The lowest BCUT2D eigenvalue weighted by Crippen LogP contribution is -2.26. The molecule has 0 aromatic rings. The van der Waals surface area contributed by atoms with E-state index in [-0.39, 0.29) is 24.3 Å². The molecule has 0 saturated heterocycles. The summed E-state index contributed by atoms with van der Waals surface area (Å²) in [5, 5.41) is 0. The molecule has 0 heterocycles. The van der Waals surface area contributed by atoms with E-state index in [2.05, 4.69) is 0 Å². The highest BCUT2D eigenvalue weighted by Crippen LogP contribution is 2.01. The molecule has 0 radical (unpaired) electrons. The Hall–Kier alpha value is -0.610. The summed E-state index contributed by atoms with van der Waals surface area (Å²) in [6, 6.07) is 0. The van der Waals surface area contributed by atoms with Crippen molar-refractivity contribution in [1.82, 2.24) is 0 Å². The number of hydrogen-bond acceptors (Lipinski definition) is 4. The Labute approximate surface area is 98.3 Å². The Kier molecular flexibility index (Phi) is 8.21. The van der Waals surface area contributed by atoms with Crippen molar-refractivity contribution in [3.05, 3.63) is 0 Å². The van der Waals surface area contributed by atoms with Crippen LogP contribution in [0.15, 0.2) is 0 Å². The van der Waals surface area contributed by atoms with E-state index in [1.54, 1.807) is 6.92 Å². The third-order valence-corrected chi connectivity index (χ3v) is 1.89. The summed E-state index contributed by atoms with van der Waals surface area (Å²) in [5.41, 5.74) is 0. The first-order chi connectivity index (χ1) is 7.45. The first-order valence-corrected chi connectivity index (χ1v) is 5.88.